The highest BCUT2D eigenvalue weighted by molar-refractivity contribution is 6.33. The molecule has 1 N–H and O–H groups in total. The quantitative estimate of drug-likeness (QED) is 0.596. The molecule has 0 aliphatic rings. The van der Waals surface area contributed by atoms with E-state index in [0.29, 0.717) is 10.8 Å². The van der Waals surface area contributed by atoms with Crippen molar-refractivity contribution in [1.82, 2.24) is 15.0 Å². The van der Waals surface area contributed by atoms with Gasteiger partial charge in [-0.05, 0) is 0 Å². The summed E-state index contributed by atoms with van der Waals surface area (Å²) in [5.74, 6) is 0. The van der Waals surface area contributed by atoms with E-state index in [1.807, 2.05) is 0 Å². The zero-order valence-corrected chi connectivity index (χ0v) is 7.02. The van der Waals surface area contributed by atoms with Gasteiger partial charge in [0.15, 0.2) is 0 Å². The number of halogens is 1. The van der Waals surface area contributed by atoms with Crippen molar-refractivity contribution >= 4 is 35.8 Å². The van der Waals surface area contributed by atoms with Gasteiger partial charge in [0.2, 0.25) is 0 Å². The van der Waals surface area contributed by atoms with Crippen molar-refractivity contribution in [2.75, 3.05) is 0 Å². The maximum atomic E-state index is 5.84. The van der Waals surface area contributed by atoms with Crippen LogP contribution in [0.5, 0.6) is 0 Å². The van der Waals surface area contributed by atoms with Crippen LogP contribution in [-0.4, -0.2) is 15.0 Å². The SMILES string of the molecule is C=c1[nH]c2ncnc(Cl)c2c1=C. The molecule has 0 atom stereocenters. The van der Waals surface area contributed by atoms with Gasteiger partial charge in [0.25, 0.3) is 0 Å². The van der Waals surface area contributed by atoms with Crippen LogP contribution in [0.15, 0.2) is 6.33 Å². The predicted octanol–water partition coefficient (Wildman–Crippen LogP) is 0.432. The zero-order valence-electron chi connectivity index (χ0n) is 6.26. The van der Waals surface area contributed by atoms with Crippen molar-refractivity contribution in [2.24, 2.45) is 0 Å². The molecule has 0 amide bonds. The Balaban J connectivity index is 3.18. The standard InChI is InChI=1S/C8H6ClN3/c1-4-5(2)12-8-6(4)7(9)10-3-11-8/h3H,1-2H2,(H,10,11,12). The normalized spacial score (nSPS) is 10.8. The second kappa shape index (κ2) is 2.32. The van der Waals surface area contributed by atoms with Crippen molar-refractivity contribution in [3.63, 3.8) is 0 Å². The third-order valence-corrected chi connectivity index (χ3v) is 2.02. The highest BCUT2D eigenvalue weighted by Gasteiger charge is 2.03. The van der Waals surface area contributed by atoms with E-state index >= 15 is 0 Å². The fraction of sp³-hybridized carbons (Fsp3) is 0. The van der Waals surface area contributed by atoms with Crippen LogP contribution in [0.3, 0.4) is 0 Å². The molecule has 0 aromatic carbocycles. The summed E-state index contributed by atoms with van der Waals surface area (Å²) < 4.78 is 0. The number of fused-ring (bicyclic) bond motifs is 1. The molecule has 12 heavy (non-hydrogen) atoms. The third kappa shape index (κ3) is 0.833. The predicted molar refractivity (Wildman–Crippen MR) is 49.2 cm³/mol. The van der Waals surface area contributed by atoms with Crippen LogP contribution in [0.2, 0.25) is 5.15 Å². The first-order valence-corrected chi connectivity index (χ1v) is 3.74. The fourth-order valence-electron chi connectivity index (χ4n) is 1.10. The van der Waals surface area contributed by atoms with Crippen molar-refractivity contribution in [2.45, 2.75) is 0 Å². The van der Waals surface area contributed by atoms with E-state index in [2.05, 4.69) is 28.1 Å². The van der Waals surface area contributed by atoms with Gasteiger partial charge in [-0.1, -0.05) is 24.8 Å². The number of nitrogens with zero attached hydrogens (tertiary/aromatic N) is 2. The zero-order chi connectivity index (χ0) is 8.72. The monoisotopic (exact) mass is 179 g/mol. The first-order valence-electron chi connectivity index (χ1n) is 3.36. The Morgan fingerprint density at radius 3 is 2.75 bits per heavy atom. The number of H-pyrrole nitrogens is 1. The lowest BCUT2D eigenvalue weighted by Crippen LogP contribution is -2.18. The molecule has 0 spiro atoms. The third-order valence-electron chi connectivity index (χ3n) is 1.74. The van der Waals surface area contributed by atoms with Gasteiger partial charge >= 0.3 is 0 Å². The van der Waals surface area contributed by atoms with E-state index < -0.39 is 0 Å². The second-order valence-corrected chi connectivity index (χ2v) is 2.83. The Hall–Kier alpha value is -1.35. The molecule has 2 aromatic heterocycles. The number of rotatable bonds is 0. The second-order valence-electron chi connectivity index (χ2n) is 2.47. The van der Waals surface area contributed by atoms with Crippen molar-refractivity contribution in [3.05, 3.63) is 22.0 Å². The van der Waals surface area contributed by atoms with E-state index in [9.17, 15) is 0 Å². The van der Waals surface area contributed by atoms with Crippen molar-refractivity contribution in [3.8, 4) is 0 Å². The molecule has 3 nitrogen and oxygen atoms in total. The lowest BCUT2D eigenvalue weighted by atomic mass is 10.3. The van der Waals surface area contributed by atoms with Crippen molar-refractivity contribution < 1.29 is 0 Å². The van der Waals surface area contributed by atoms with E-state index in [4.69, 9.17) is 11.6 Å². The van der Waals surface area contributed by atoms with Gasteiger partial charge in [-0.25, -0.2) is 9.97 Å². The minimum atomic E-state index is 0.413. The fourth-order valence-corrected chi connectivity index (χ4v) is 1.34. The summed E-state index contributed by atoms with van der Waals surface area (Å²) in [6, 6.07) is 0. The summed E-state index contributed by atoms with van der Waals surface area (Å²) in [7, 11) is 0. The largest absolute Gasteiger partial charge is 0.340 e. The van der Waals surface area contributed by atoms with Gasteiger partial charge in [-0.15, -0.1) is 0 Å². The van der Waals surface area contributed by atoms with Gasteiger partial charge in [0, 0.05) is 10.6 Å². The minimum Gasteiger partial charge on any atom is -0.340 e. The van der Waals surface area contributed by atoms with Gasteiger partial charge in [-0.2, -0.15) is 0 Å². The van der Waals surface area contributed by atoms with Gasteiger partial charge < -0.3 is 4.98 Å². The molecule has 2 rings (SSSR count). The van der Waals surface area contributed by atoms with E-state index in [1.54, 1.807) is 0 Å². The molecule has 0 aliphatic heterocycles. The van der Waals surface area contributed by atoms with Crippen LogP contribution in [0, 0.1) is 0 Å². The first kappa shape index (κ1) is 7.31. The summed E-state index contributed by atoms with van der Waals surface area (Å²) in [6.07, 6.45) is 1.40. The van der Waals surface area contributed by atoms with Gasteiger partial charge in [0.1, 0.15) is 17.1 Å². The summed E-state index contributed by atoms with van der Waals surface area (Å²) in [6.45, 7) is 7.56. The molecule has 0 fully saturated rings. The molecule has 4 heteroatoms. The van der Waals surface area contributed by atoms with Crippen LogP contribution in [0.1, 0.15) is 0 Å². The Morgan fingerprint density at radius 2 is 2.08 bits per heavy atom. The number of nitrogens with one attached hydrogen (secondary N) is 1. The van der Waals surface area contributed by atoms with Crippen LogP contribution in [0.4, 0.5) is 0 Å². The number of hydrogen-bond donors (Lipinski definition) is 1. The van der Waals surface area contributed by atoms with Gasteiger partial charge in [-0.3, -0.25) is 0 Å². The molecular formula is C8H6ClN3. The number of aromatic nitrogens is 3. The highest BCUT2D eigenvalue weighted by Crippen LogP contribution is 2.10. The van der Waals surface area contributed by atoms with Crippen LogP contribution in [0.25, 0.3) is 24.2 Å². The molecule has 0 radical (unpaired) electrons. The number of aromatic amines is 1. The molecule has 0 saturated carbocycles. The van der Waals surface area contributed by atoms with Crippen LogP contribution >= 0.6 is 11.6 Å². The first-order chi connectivity index (χ1) is 5.70. The lowest BCUT2D eigenvalue weighted by Gasteiger charge is -1.88. The Bertz CT molecular complexity index is 529. The highest BCUT2D eigenvalue weighted by atomic mass is 35.5. The maximum Gasteiger partial charge on any atom is 0.143 e. The molecule has 2 aromatic rings. The molecule has 0 saturated heterocycles. The summed E-state index contributed by atoms with van der Waals surface area (Å²) in [5.41, 5.74) is 0.685. The summed E-state index contributed by atoms with van der Waals surface area (Å²) >= 11 is 5.84. The summed E-state index contributed by atoms with van der Waals surface area (Å²) in [4.78, 5) is 10.8. The lowest BCUT2D eigenvalue weighted by molar-refractivity contribution is 1.19. The average molecular weight is 180 g/mol. The van der Waals surface area contributed by atoms with Gasteiger partial charge in [0.05, 0.1) is 5.39 Å². The van der Waals surface area contributed by atoms with Crippen molar-refractivity contribution in [1.29, 1.82) is 0 Å². The smallest absolute Gasteiger partial charge is 0.143 e. The van der Waals surface area contributed by atoms with E-state index in [0.717, 1.165) is 16.0 Å². The molecule has 0 unspecified atom stereocenters. The minimum absolute atomic E-state index is 0.413. The Labute approximate surface area is 73.4 Å². The number of hydrogen-bond acceptors (Lipinski definition) is 2. The molecule has 60 valence electrons. The molecule has 2 heterocycles. The molecule has 0 bridgehead atoms. The van der Waals surface area contributed by atoms with E-state index in [-0.39, 0.29) is 0 Å². The van der Waals surface area contributed by atoms with Crippen LogP contribution < -0.4 is 10.6 Å². The molecule has 0 aliphatic carbocycles. The Morgan fingerprint density at radius 1 is 1.33 bits per heavy atom. The molecular weight excluding hydrogens is 174 g/mol. The van der Waals surface area contributed by atoms with Crippen LogP contribution in [-0.2, 0) is 0 Å². The van der Waals surface area contributed by atoms with E-state index in [1.165, 1.54) is 6.33 Å². The summed E-state index contributed by atoms with van der Waals surface area (Å²) in [5, 5.41) is 2.66. The average Bonchev–Trinajstić information content (AvgIpc) is 2.29. The topological polar surface area (TPSA) is 41.6 Å². The maximum absolute atomic E-state index is 5.84. The Kier molecular flexibility index (Phi) is 1.41.